The number of carbonyl (C=O) groups is 2. The predicted octanol–water partition coefficient (Wildman–Crippen LogP) is 1.86. The van der Waals surface area contributed by atoms with Crippen LogP contribution in [0.2, 0.25) is 0 Å². The van der Waals surface area contributed by atoms with Crippen LogP contribution in [0.3, 0.4) is 0 Å². The molecule has 1 aromatic heterocycles. The second kappa shape index (κ2) is 11.0. The molecule has 0 aromatic carbocycles. The summed E-state index contributed by atoms with van der Waals surface area (Å²) in [6.45, 7) is 9.53. The molecule has 1 aliphatic rings. The average molecular weight is 382 g/mol. The Kier molecular flexibility index (Phi) is 8.63. The summed E-state index contributed by atoms with van der Waals surface area (Å²) in [5.74, 6) is 0.542. The van der Waals surface area contributed by atoms with Crippen LogP contribution < -0.4 is 5.32 Å². The smallest absolute Gasteiger partial charge is 0.413 e. The molecular formula is C17H27N5O3S. The number of carbonyl (C=O) groups excluding carboxylic acids is 2. The lowest BCUT2D eigenvalue weighted by Crippen LogP contribution is -2.32. The van der Waals surface area contributed by atoms with Gasteiger partial charge >= 0.3 is 6.09 Å². The van der Waals surface area contributed by atoms with E-state index in [0.29, 0.717) is 11.7 Å². The van der Waals surface area contributed by atoms with E-state index < -0.39 is 12.0 Å². The van der Waals surface area contributed by atoms with Gasteiger partial charge in [0.15, 0.2) is 5.16 Å². The maximum atomic E-state index is 11.8. The maximum Gasteiger partial charge on any atom is 0.413 e. The Labute approximate surface area is 158 Å². The molecule has 0 atom stereocenters. The van der Waals surface area contributed by atoms with Crippen LogP contribution in [0.25, 0.3) is 0 Å². The van der Waals surface area contributed by atoms with Crippen LogP contribution in [-0.2, 0) is 22.5 Å². The Morgan fingerprint density at radius 3 is 2.77 bits per heavy atom. The summed E-state index contributed by atoms with van der Waals surface area (Å²) in [5, 5.41) is 11.3. The van der Waals surface area contributed by atoms with Crippen LogP contribution in [0, 0.1) is 0 Å². The van der Waals surface area contributed by atoms with Gasteiger partial charge in [-0.05, 0) is 32.9 Å². The lowest BCUT2D eigenvalue weighted by atomic mass is 10.1. The highest BCUT2D eigenvalue weighted by Gasteiger charge is 2.16. The Bertz CT molecular complexity index is 614. The number of rotatable bonds is 9. The number of amides is 2. The minimum absolute atomic E-state index is 0.0697. The van der Waals surface area contributed by atoms with Crippen LogP contribution in [0.5, 0.6) is 0 Å². The number of nitrogens with one attached hydrogen (secondary N) is 1. The number of nitrogens with zero attached hydrogens (tertiary/aromatic N) is 4. The second-order valence-corrected chi connectivity index (χ2v) is 6.95. The summed E-state index contributed by atoms with van der Waals surface area (Å²) in [5.41, 5.74) is 0. The molecule has 2 rings (SSSR count). The van der Waals surface area contributed by atoms with Crippen LogP contribution in [0.1, 0.15) is 32.0 Å². The van der Waals surface area contributed by atoms with E-state index in [4.69, 9.17) is 0 Å². The van der Waals surface area contributed by atoms with E-state index in [9.17, 15) is 9.59 Å². The number of likely N-dealkylation sites (tertiary alicyclic amines) is 1. The quantitative estimate of drug-likeness (QED) is 0.516. The van der Waals surface area contributed by atoms with Gasteiger partial charge in [0.05, 0.1) is 12.4 Å². The molecule has 8 nitrogen and oxygen atoms in total. The van der Waals surface area contributed by atoms with Gasteiger partial charge in [0.25, 0.3) is 0 Å². The zero-order valence-corrected chi connectivity index (χ0v) is 16.1. The van der Waals surface area contributed by atoms with E-state index in [-0.39, 0.29) is 12.4 Å². The molecule has 144 valence electrons. The molecule has 0 unspecified atom stereocenters. The fourth-order valence-electron chi connectivity index (χ4n) is 2.81. The SMILES string of the molecule is C=CCn1c(CCN2CCCCC2)nnc1SCC(=O)NC(=O)OCC. The topological polar surface area (TPSA) is 89.4 Å². The number of hydrogen-bond acceptors (Lipinski definition) is 7. The number of imide groups is 1. The number of hydrogen-bond donors (Lipinski definition) is 1. The molecule has 1 aliphatic heterocycles. The molecule has 0 saturated carbocycles. The van der Waals surface area contributed by atoms with Crippen molar-refractivity contribution >= 4 is 23.8 Å². The van der Waals surface area contributed by atoms with Gasteiger partial charge in [-0.1, -0.05) is 24.3 Å². The lowest BCUT2D eigenvalue weighted by molar-refractivity contribution is -0.117. The van der Waals surface area contributed by atoms with E-state index in [2.05, 4.69) is 31.7 Å². The van der Waals surface area contributed by atoms with E-state index in [1.807, 2.05) is 4.57 Å². The largest absolute Gasteiger partial charge is 0.450 e. The van der Waals surface area contributed by atoms with Crippen molar-refractivity contribution in [3.05, 3.63) is 18.5 Å². The summed E-state index contributed by atoms with van der Waals surface area (Å²) in [4.78, 5) is 25.5. The van der Waals surface area contributed by atoms with Crippen molar-refractivity contribution < 1.29 is 14.3 Å². The highest BCUT2D eigenvalue weighted by Crippen LogP contribution is 2.18. The zero-order chi connectivity index (χ0) is 18.8. The first kappa shape index (κ1) is 20.4. The number of ether oxygens (including phenoxy) is 1. The molecular weight excluding hydrogens is 354 g/mol. The summed E-state index contributed by atoms with van der Waals surface area (Å²) in [6.07, 6.45) is 5.71. The van der Waals surface area contributed by atoms with Crippen LogP contribution in [0.4, 0.5) is 4.79 Å². The third-order valence-electron chi connectivity index (χ3n) is 4.05. The first-order valence-corrected chi connectivity index (χ1v) is 9.97. The fraction of sp³-hybridized carbons (Fsp3) is 0.647. The first-order valence-electron chi connectivity index (χ1n) is 8.98. The molecule has 26 heavy (non-hydrogen) atoms. The standard InChI is InChI=1S/C17H27N5O3S/c1-3-9-22-14(8-12-21-10-6-5-7-11-21)19-20-16(22)26-13-15(23)18-17(24)25-4-2/h3H,1,4-13H2,2H3,(H,18,23,24). The fourth-order valence-corrected chi connectivity index (χ4v) is 3.58. The van der Waals surface area contributed by atoms with E-state index in [1.54, 1.807) is 13.0 Å². The molecule has 2 heterocycles. The summed E-state index contributed by atoms with van der Waals surface area (Å²) in [6, 6.07) is 0. The molecule has 1 N–H and O–H groups in total. The van der Waals surface area contributed by atoms with Gasteiger partial charge < -0.3 is 14.2 Å². The van der Waals surface area contributed by atoms with Gasteiger partial charge in [0, 0.05) is 19.5 Å². The summed E-state index contributed by atoms with van der Waals surface area (Å²) in [7, 11) is 0. The summed E-state index contributed by atoms with van der Waals surface area (Å²) < 4.78 is 6.66. The Hall–Kier alpha value is -1.87. The Morgan fingerprint density at radius 2 is 2.08 bits per heavy atom. The third kappa shape index (κ3) is 6.45. The van der Waals surface area contributed by atoms with E-state index >= 15 is 0 Å². The number of alkyl carbamates (subject to hydrolysis) is 1. The van der Waals surface area contributed by atoms with Crippen molar-refractivity contribution in [3.63, 3.8) is 0 Å². The molecule has 1 fully saturated rings. The molecule has 1 aromatic rings. The molecule has 0 bridgehead atoms. The van der Waals surface area contributed by atoms with Crippen molar-refractivity contribution in [2.75, 3.05) is 32.0 Å². The normalized spacial score (nSPS) is 14.8. The molecule has 0 aliphatic carbocycles. The van der Waals surface area contributed by atoms with Gasteiger partial charge in [-0.3, -0.25) is 10.1 Å². The molecule has 9 heteroatoms. The van der Waals surface area contributed by atoms with Gasteiger partial charge in [0.1, 0.15) is 5.82 Å². The summed E-state index contributed by atoms with van der Waals surface area (Å²) >= 11 is 1.25. The van der Waals surface area contributed by atoms with Crippen molar-refractivity contribution in [1.29, 1.82) is 0 Å². The molecule has 0 spiro atoms. The van der Waals surface area contributed by atoms with Crippen molar-refractivity contribution in [3.8, 4) is 0 Å². The van der Waals surface area contributed by atoms with Gasteiger partial charge in [-0.25, -0.2) is 4.79 Å². The maximum absolute atomic E-state index is 11.8. The monoisotopic (exact) mass is 381 g/mol. The van der Waals surface area contributed by atoms with Crippen molar-refractivity contribution in [2.24, 2.45) is 0 Å². The lowest BCUT2D eigenvalue weighted by Gasteiger charge is -2.26. The van der Waals surface area contributed by atoms with Crippen molar-refractivity contribution in [1.82, 2.24) is 25.0 Å². The highest BCUT2D eigenvalue weighted by atomic mass is 32.2. The van der Waals surface area contributed by atoms with E-state index in [1.165, 1.54) is 31.0 Å². The third-order valence-corrected chi connectivity index (χ3v) is 5.02. The molecule has 1 saturated heterocycles. The van der Waals surface area contributed by atoms with Crippen molar-refractivity contribution in [2.45, 2.75) is 44.3 Å². The zero-order valence-electron chi connectivity index (χ0n) is 15.3. The Morgan fingerprint density at radius 1 is 1.31 bits per heavy atom. The number of thioether (sulfide) groups is 1. The van der Waals surface area contributed by atoms with Gasteiger partial charge in [0.2, 0.25) is 5.91 Å². The average Bonchev–Trinajstić information content (AvgIpc) is 3.01. The molecule has 0 radical (unpaired) electrons. The van der Waals surface area contributed by atoms with Gasteiger partial charge in [-0.2, -0.15) is 0 Å². The highest BCUT2D eigenvalue weighted by molar-refractivity contribution is 7.99. The van der Waals surface area contributed by atoms with Crippen LogP contribution in [-0.4, -0.2) is 63.7 Å². The molecule has 2 amide bonds. The Balaban J connectivity index is 1.89. The number of aromatic nitrogens is 3. The first-order chi connectivity index (χ1) is 12.6. The number of allylic oxidation sites excluding steroid dienone is 1. The number of piperidine rings is 1. The van der Waals surface area contributed by atoms with Crippen LogP contribution >= 0.6 is 11.8 Å². The minimum atomic E-state index is -0.729. The second-order valence-electron chi connectivity index (χ2n) is 6.01. The predicted molar refractivity (Wildman–Crippen MR) is 100 cm³/mol. The van der Waals surface area contributed by atoms with Crippen LogP contribution in [0.15, 0.2) is 17.8 Å². The van der Waals surface area contributed by atoms with Gasteiger partial charge in [-0.15, -0.1) is 16.8 Å². The van der Waals surface area contributed by atoms with E-state index in [0.717, 1.165) is 31.9 Å². The minimum Gasteiger partial charge on any atom is -0.450 e.